The molecule has 118 valence electrons. The summed E-state index contributed by atoms with van der Waals surface area (Å²) in [4.78, 5) is 40.0. The Bertz CT molecular complexity index is 602. The number of hydrogen-bond donors (Lipinski definition) is 1. The average Bonchev–Trinajstić information content (AvgIpc) is 2.85. The largest absolute Gasteiger partial charge is 0.330 e. The van der Waals surface area contributed by atoms with E-state index >= 15 is 0 Å². The number of carbonyl (C=O) groups excluding carboxylic acids is 2. The average molecular weight is 306 g/mol. The van der Waals surface area contributed by atoms with Gasteiger partial charge in [0.2, 0.25) is 11.8 Å². The topological polar surface area (TPSA) is 105 Å². The van der Waals surface area contributed by atoms with Crippen LogP contribution in [0.25, 0.3) is 0 Å². The number of aromatic nitrogens is 1. The predicted molar refractivity (Wildman–Crippen MR) is 79.1 cm³/mol. The Morgan fingerprint density at radius 1 is 1.50 bits per heavy atom. The number of amides is 2. The molecule has 22 heavy (non-hydrogen) atoms. The third kappa shape index (κ3) is 3.21. The van der Waals surface area contributed by atoms with Gasteiger partial charge in [0.1, 0.15) is 17.9 Å². The van der Waals surface area contributed by atoms with Gasteiger partial charge >= 0.3 is 5.69 Å². The molecule has 0 spiro atoms. The van der Waals surface area contributed by atoms with Crippen molar-refractivity contribution in [3.63, 3.8) is 0 Å². The van der Waals surface area contributed by atoms with Crippen LogP contribution < -0.4 is 5.32 Å². The third-order valence-corrected chi connectivity index (χ3v) is 3.60. The zero-order valence-electron chi connectivity index (χ0n) is 12.5. The van der Waals surface area contributed by atoms with E-state index in [2.05, 4.69) is 10.3 Å². The molecule has 1 aromatic rings. The van der Waals surface area contributed by atoms with Gasteiger partial charge in [-0.05, 0) is 18.4 Å². The van der Waals surface area contributed by atoms with Crippen molar-refractivity contribution in [3.8, 4) is 0 Å². The molecule has 0 radical (unpaired) electrons. The van der Waals surface area contributed by atoms with Crippen molar-refractivity contribution in [2.45, 2.75) is 32.7 Å². The van der Waals surface area contributed by atoms with Crippen LogP contribution in [0.2, 0.25) is 0 Å². The predicted octanol–water partition coefficient (Wildman–Crippen LogP) is 1.58. The number of anilines is 1. The molecule has 8 nitrogen and oxygen atoms in total. The first-order chi connectivity index (χ1) is 10.4. The second-order valence-electron chi connectivity index (χ2n) is 5.52. The van der Waals surface area contributed by atoms with E-state index in [0.717, 1.165) is 12.6 Å². The molecule has 0 aliphatic carbocycles. The van der Waals surface area contributed by atoms with Gasteiger partial charge in [0.25, 0.3) is 0 Å². The van der Waals surface area contributed by atoms with E-state index in [1.54, 1.807) is 4.90 Å². The Balaban J connectivity index is 2.22. The summed E-state index contributed by atoms with van der Waals surface area (Å²) >= 11 is 0. The van der Waals surface area contributed by atoms with Crippen LogP contribution in [0, 0.1) is 16.0 Å². The smallest absolute Gasteiger partial charge is 0.310 e. The molecular weight excluding hydrogens is 288 g/mol. The Morgan fingerprint density at radius 2 is 2.23 bits per heavy atom. The van der Waals surface area contributed by atoms with Gasteiger partial charge in [0.15, 0.2) is 0 Å². The zero-order chi connectivity index (χ0) is 16.3. The minimum Gasteiger partial charge on any atom is -0.330 e. The summed E-state index contributed by atoms with van der Waals surface area (Å²) in [5.41, 5.74) is -0.187. The molecule has 1 fully saturated rings. The monoisotopic (exact) mass is 306 g/mol. The summed E-state index contributed by atoms with van der Waals surface area (Å²) in [5, 5.41) is 13.5. The minimum absolute atomic E-state index is 0.0573. The van der Waals surface area contributed by atoms with Gasteiger partial charge in [-0.25, -0.2) is 0 Å². The van der Waals surface area contributed by atoms with Crippen LogP contribution in [0.4, 0.5) is 11.4 Å². The van der Waals surface area contributed by atoms with Crippen molar-refractivity contribution in [2.24, 2.45) is 5.92 Å². The van der Waals surface area contributed by atoms with E-state index in [1.165, 1.54) is 12.3 Å². The summed E-state index contributed by atoms with van der Waals surface area (Å²) in [6, 6.07) is 0.738. The number of rotatable bonds is 5. The van der Waals surface area contributed by atoms with E-state index in [4.69, 9.17) is 0 Å². The zero-order valence-corrected chi connectivity index (χ0v) is 12.5. The Labute approximate surface area is 127 Å². The first kappa shape index (κ1) is 15.9. The highest BCUT2D eigenvalue weighted by atomic mass is 16.6. The summed E-state index contributed by atoms with van der Waals surface area (Å²) in [6.45, 7) is 4.22. The maximum atomic E-state index is 12.5. The molecule has 0 unspecified atom stereocenters. The first-order valence-electron chi connectivity index (χ1n) is 7.10. The highest BCUT2D eigenvalue weighted by Crippen LogP contribution is 2.25. The van der Waals surface area contributed by atoms with E-state index < -0.39 is 16.9 Å². The summed E-state index contributed by atoms with van der Waals surface area (Å²) in [7, 11) is 0. The number of pyridine rings is 1. The molecule has 8 heteroatoms. The van der Waals surface area contributed by atoms with Gasteiger partial charge in [-0.1, -0.05) is 13.8 Å². The fraction of sp³-hybridized carbons (Fsp3) is 0.500. The van der Waals surface area contributed by atoms with Crippen LogP contribution in [0.3, 0.4) is 0 Å². The molecule has 1 N–H and O–H groups in total. The highest BCUT2D eigenvalue weighted by molar-refractivity contribution is 5.99. The number of nitrogens with one attached hydrogen (secondary N) is 1. The lowest BCUT2D eigenvalue weighted by Crippen LogP contribution is -2.48. The molecule has 2 heterocycles. The molecule has 1 saturated heterocycles. The Kier molecular flexibility index (Phi) is 4.69. The second-order valence-corrected chi connectivity index (χ2v) is 5.52. The van der Waals surface area contributed by atoms with Gasteiger partial charge in [-0.2, -0.15) is 0 Å². The van der Waals surface area contributed by atoms with E-state index in [1.807, 2.05) is 13.8 Å². The Hall–Kier alpha value is -2.51. The van der Waals surface area contributed by atoms with E-state index in [0.29, 0.717) is 13.0 Å². The molecule has 1 aromatic heterocycles. The summed E-state index contributed by atoms with van der Waals surface area (Å²) in [5.74, 6) is -0.569. The van der Waals surface area contributed by atoms with Crippen LogP contribution in [-0.4, -0.2) is 39.2 Å². The highest BCUT2D eigenvalue weighted by Gasteiger charge is 2.35. The number of hydrogen-bond acceptors (Lipinski definition) is 5. The third-order valence-electron chi connectivity index (χ3n) is 3.60. The van der Waals surface area contributed by atoms with Crippen LogP contribution in [0.15, 0.2) is 18.5 Å². The fourth-order valence-electron chi connectivity index (χ4n) is 2.61. The van der Waals surface area contributed by atoms with E-state index in [9.17, 15) is 19.7 Å². The molecule has 1 atom stereocenters. The van der Waals surface area contributed by atoms with Crippen LogP contribution in [-0.2, 0) is 9.59 Å². The second kappa shape index (κ2) is 6.50. The van der Waals surface area contributed by atoms with Gasteiger partial charge in [-0.3, -0.25) is 24.7 Å². The van der Waals surface area contributed by atoms with Crippen LogP contribution in [0.5, 0.6) is 0 Å². The maximum Gasteiger partial charge on any atom is 0.310 e. The number of carbonyl (C=O) groups is 2. The number of likely N-dealkylation sites (tertiary alicyclic amines) is 1. The maximum absolute atomic E-state index is 12.5. The van der Waals surface area contributed by atoms with Crippen LogP contribution in [0.1, 0.15) is 26.7 Å². The summed E-state index contributed by atoms with van der Waals surface area (Å²) < 4.78 is 0. The van der Waals surface area contributed by atoms with Gasteiger partial charge < -0.3 is 10.2 Å². The lowest BCUT2D eigenvalue weighted by molar-refractivity contribution is -0.384. The molecule has 2 amide bonds. The molecule has 0 aromatic carbocycles. The van der Waals surface area contributed by atoms with Crippen LogP contribution >= 0.6 is 0 Å². The molecule has 0 bridgehead atoms. The fourth-order valence-corrected chi connectivity index (χ4v) is 2.61. The number of nitrogens with zero attached hydrogens (tertiary/aromatic N) is 3. The standard InChI is InChI=1S/C14H18N4O4/c1-9(2)13(17-7-3-4-12(17)19)14(20)16-10-5-6-15-8-11(10)18(21)22/h5-6,8-9,13H,3-4,7H2,1-2H3,(H,15,16,20)/t13-/m1/s1. The van der Waals surface area contributed by atoms with Gasteiger partial charge in [0, 0.05) is 19.2 Å². The van der Waals surface area contributed by atoms with Crippen molar-refractivity contribution >= 4 is 23.2 Å². The van der Waals surface area contributed by atoms with Gasteiger partial charge in [-0.15, -0.1) is 0 Å². The van der Waals surface area contributed by atoms with Crippen molar-refractivity contribution in [2.75, 3.05) is 11.9 Å². The lowest BCUT2D eigenvalue weighted by atomic mass is 10.0. The van der Waals surface area contributed by atoms with Gasteiger partial charge in [0.05, 0.1) is 4.92 Å². The Morgan fingerprint density at radius 3 is 2.77 bits per heavy atom. The minimum atomic E-state index is -0.636. The SMILES string of the molecule is CC(C)[C@H](C(=O)Nc1ccncc1[N+](=O)[O-])N1CCCC1=O. The molecule has 1 aliphatic heterocycles. The van der Waals surface area contributed by atoms with Crippen molar-refractivity contribution in [3.05, 3.63) is 28.6 Å². The van der Waals surface area contributed by atoms with E-state index in [-0.39, 0.29) is 23.2 Å². The van der Waals surface area contributed by atoms with Crippen molar-refractivity contribution in [1.29, 1.82) is 0 Å². The molecule has 2 rings (SSSR count). The lowest BCUT2D eigenvalue weighted by Gasteiger charge is -2.29. The first-order valence-corrected chi connectivity index (χ1v) is 7.10. The molecular formula is C14H18N4O4. The normalized spacial score (nSPS) is 16.0. The quantitative estimate of drug-likeness (QED) is 0.656. The molecule has 0 saturated carbocycles. The van der Waals surface area contributed by atoms with Crippen molar-refractivity contribution < 1.29 is 14.5 Å². The van der Waals surface area contributed by atoms with Crippen molar-refractivity contribution in [1.82, 2.24) is 9.88 Å². The number of nitro groups is 1. The summed E-state index contributed by atoms with van der Waals surface area (Å²) in [6.07, 6.45) is 3.62. The molecule has 1 aliphatic rings.